The fourth-order valence-electron chi connectivity index (χ4n) is 5.23. The average Bonchev–Trinajstić information content (AvgIpc) is 3.68. The van der Waals surface area contributed by atoms with Gasteiger partial charge in [-0.3, -0.25) is 10.1 Å². The molecule has 1 N–H and O–H groups in total. The fourth-order valence-corrected chi connectivity index (χ4v) is 6.12. The molecule has 2 atom stereocenters. The van der Waals surface area contributed by atoms with Crippen molar-refractivity contribution in [1.82, 2.24) is 10.3 Å². The van der Waals surface area contributed by atoms with Crippen molar-refractivity contribution in [1.29, 1.82) is 0 Å². The van der Waals surface area contributed by atoms with Crippen LogP contribution in [0, 0.1) is 0 Å². The number of nitrogens with zero attached hydrogens (tertiary/aromatic N) is 2. The molecule has 10 heteroatoms. The Morgan fingerprint density at radius 3 is 2.58 bits per heavy atom. The Kier molecular flexibility index (Phi) is 5.57. The molecule has 3 aliphatic heterocycles. The van der Waals surface area contributed by atoms with E-state index in [9.17, 15) is 18.0 Å². The maximum Gasteiger partial charge on any atom is 0.416 e. The highest BCUT2D eigenvalue weighted by atomic mass is 32.2. The molecule has 1 fully saturated rings. The van der Waals surface area contributed by atoms with Gasteiger partial charge in [-0.05, 0) is 53.7 Å². The van der Waals surface area contributed by atoms with Crippen LogP contribution in [0.2, 0.25) is 0 Å². The number of amides is 1. The van der Waals surface area contributed by atoms with Gasteiger partial charge in [0.25, 0.3) is 5.24 Å². The van der Waals surface area contributed by atoms with E-state index in [4.69, 9.17) is 14.3 Å². The van der Waals surface area contributed by atoms with E-state index < -0.39 is 17.6 Å². The second kappa shape index (κ2) is 9.06. The highest BCUT2D eigenvalue weighted by Crippen LogP contribution is 2.52. The van der Waals surface area contributed by atoms with Gasteiger partial charge in [0.15, 0.2) is 0 Å². The molecule has 2 unspecified atom stereocenters. The summed E-state index contributed by atoms with van der Waals surface area (Å²) in [5.41, 5.74) is 2.33. The monoisotopic (exact) mass is 559 g/mol. The van der Waals surface area contributed by atoms with Crippen LogP contribution in [0.3, 0.4) is 0 Å². The predicted molar refractivity (Wildman–Crippen MR) is 145 cm³/mol. The molecular formula is C30H20F3N3O3S. The van der Waals surface area contributed by atoms with Gasteiger partial charge >= 0.3 is 12.0 Å². The minimum atomic E-state index is -4.47. The molecule has 1 saturated heterocycles. The topological polar surface area (TPSA) is 67.1 Å². The lowest BCUT2D eigenvalue weighted by atomic mass is 9.96. The van der Waals surface area contributed by atoms with Crippen molar-refractivity contribution in [2.24, 2.45) is 5.10 Å². The zero-order chi connectivity index (χ0) is 27.5. The van der Waals surface area contributed by atoms with Gasteiger partial charge in [-0.2, -0.15) is 18.3 Å². The van der Waals surface area contributed by atoms with Crippen molar-refractivity contribution in [3.63, 3.8) is 0 Å². The standard InChI is InChI=1S/C30H20F3N3O3S/c31-29(32,33)20-10-6-9-19(15-20)25-14-13-21(38-25)16-27-30(34-28(37)40-27)36-24(22-11-4-5-12-26(22)39-30)17-23(35-36)18-7-2-1-3-8-18/h1-16,24H,17H2,(H,34,37)/b27-16-. The third-order valence-electron chi connectivity index (χ3n) is 7.06. The van der Waals surface area contributed by atoms with E-state index in [1.54, 1.807) is 29.3 Å². The van der Waals surface area contributed by atoms with E-state index in [2.05, 4.69) is 5.32 Å². The van der Waals surface area contributed by atoms with Crippen LogP contribution >= 0.6 is 11.8 Å². The van der Waals surface area contributed by atoms with Crippen LogP contribution in [-0.2, 0) is 6.18 Å². The first kappa shape index (κ1) is 24.6. The molecule has 3 aliphatic rings. The number of halogens is 3. The van der Waals surface area contributed by atoms with Crippen LogP contribution in [0.15, 0.2) is 105 Å². The first-order valence-corrected chi connectivity index (χ1v) is 13.3. The normalized spacial score (nSPS) is 22.6. The number of hydrogen-bond donors (Lipinski definition) is 1. The van der Waals surface area contributed by atoms with Crippen molar-refractivity contribution in [3.8, 4) is 17.1 Å². The molecule has 1 aromatic heterocycles. The lowest BCUT2D eigenvalue weighted by Crippen LogP contribution is -2.61. The molecule has 1 amide bonds. The summed E-state index contributed by atoms with van der Waals surface area (Å²) in [5.74, 6) is -0.157. The minimum Gasteiger partial charge on any atom is -0.457 e. The molecular weight excluding hydrogens is 539 g/mol. The molecule has 0 bridgehead atoms. The zero-order valence-corrected chi connectivity index (χ0v) is 21.5. The summed E-state index contributed by atoms with van der Waals surface area (Å²) < 4.78 is 52.2. The number of alkyl halides is 3. The maximum atomic E-state index is 13.2. The second-order valence-corrected chi connectivity index (χ2v) is 10.6. The molecule has 200 valence electrons. The quantitative estimate of drug-likeness (QED) is 0.279. The highest BCUT2D eigenvalue weighted by molar-refractivity contribution is 8.17. The van der Waals surface area contributed by atoms with Crippen molar-refractivity contribution in [3.05, 3.63) is 118 Å². The molecule has 6 nitrogen and oxygen atoms in total. The average molecular weight is 560 g/mol. The summed E-state index contributed by atoms with van der Waals surface area (Å²) in [6, 6.07) is 25.5. The third-order valence-corrected chi connectivity index (χ3v) is 7.96. The van der Waals surface area contributed by atoms with Crippen LogP contribution in [-0.4, -0.2) is 21.8 Å². The number of furan rings is 1. The van der Waals surface area contributed by atoms with Gasteiger partial charge in [0.1, 0.15) is 17.3 Å². The number of para-hydroxylation sites is 1. The van der Waals surface area contributed by atoms with Gasteiger partial charge in [0.05, 0.1) is 22.2 Å². The van der Waals surface area contributed by atoms with Crippen molar-refractivity contribution in [2.75, 3.05) is 0 Å². The Bertz CT molecular complexity index is 1700. The van der Waals surface area contributed by atoms with E-state index in [0.717, 1.165) is 40.7 Å². The molecule has 4 heterocycles. The molecule has 0 saturated carbocycles. The number of ether oxygens (including phenoxy) is 1. The number of hydrogen-bond acceptors (Lipinski definition) is 6. The van der Waals surface area contributed by atoms with Crippen LogP contribution < -0.4 is 10.1 Å². The Balaban J connectivity index is 1.30. The minimum absolute atomic E-state index is 0.195. The zero-order valence-electron chi connectivity index (χ0n) is 20.7. The number of rotatable bonds is 3. The number of nitrogens with one attached hydrogen (secondary N) is 1. The molecule has 40 heavy (non-hydrogen) atoms. The second-order valence-electron chi connectivity index (χ2n) is 9.56. The van der Waals surface area contributed by atoms with Gasteiger partial charge in [0.2, 0.25) is 0 Å². The number of fused-ring (bicyclic) bond motifs is 4. The number of thioether (sulfide) groups is 1. The van der Waals surface area contributed by atoms with Crippen molar-refractivity contribution in [2.45, 2.75) is 24.5 Å². The number of carbonyl (C=O) groups excluding carboxylic acids is 1. The summed E-state index contributed by atoms with van der Waals surface area (Å²) >= 11 is 0.964. The van der Waals surface area contributed by atoms with Crippen LogP contribution in [0.1, 0.15) is 34.9 Å². The SMILES string of the molecule is O=C1NC2(Oc3ccccc3C3CC(c4ccccc4)=NN32)/C(=C/c2ccc(-c3cccc(C(F)(F)F)c3)o2)S1. The summed E-state index contributed by atoms with van der Waals surface area (Å²) in [6.07, 6.45) is -2.19. The van der Waals surface area contributed by atoms with E-state index in [0.29, 0.717) is 28.4 Å². The van der Waals surface area contributed by atoms with E-state index >= 15 is 0 Å². The van der Waals surface area contributed by atoms with Crippen molar-refractivity contribution < 1.29 is 27.1 Å². The maximum absolute atomic E-state index is 13.2. The van der Waals surface area contributed by atoms with Crippen LogP contribution in [0.5, 0.6) is 5.75 Å². The predicted octanol–water partition coefficient (Wildman–Crippen LogP) is 7.66. The third kappa shape index (κ3) is 4.06. The van der Waals surface area contributed by atoms with E-state index in [1.165, 1.54) is 6.07 Å². The molecule has 7 rings (SSSR count). The molecule has 0 aliphatic carbocycles. The Labute approximate surface area is 231 Å². The fraction of sp³-hybridized carbons (Fsp3) is 0.133. The van der Waals surface area contributed by atoms with Gasteiger partial charge in [-0.25, -0.2) is 5.01 Å². The van der Waals surface area contributed by atoms with Gasteiger partial charge < -0.3 is 9.15 Å². The first-order chi connectivity index (χ1) is 19.3. The Hall–Kier alpha value is -4.44. The molecule has 0 radical (unpaired) electrons. The highest BCUT2D eigenvalue weighted by Gasteiger charge is 2.58. The summed E-state index contributed by atoms with van der Waals surface area (Å²) in [7, 11) is 0. The molecule has 1 spiro atoms. The number of benzene rings is 3. The Morgan fingerprint density at radius 2 is 1.75 bits per heavy atom. The first-order valence-electron chi connectivity index (χ1n) is 12.5. The summed E-state index contributed by atoms with van der Waals surface area (Å²) in [4.78, 5) is 13.3. The van der Waals surface area contributed by atoms with Gasteiger partial charge in [-0.15, -0.1) is 0 Å². The Morgan fingerprint density at radius 1 is 0.975 bits per heavy atom. The van der Waals surface area contributed by atoms with Crippen LogP contribution in [0.25, 0.3) is 17.4 Å². The number of hydrazone groups is 1. The number of carbonyl (C=O) groups is 1. The molecule has 3 aromatic carbocycles. The van der Waals surface area contributed by atoms with Gasteiger partial charge in [0, 0.05) is 17.5 Å². The van der Waals surface area contributed by atoms with E-state index in [-0.39, 0.29) is 17.0 Å². The summed E-state index contributed by atoms with van der Waals surface area (Å²) in [5, 5.41) is 9.39. The lowest BCUT2D eigenvalue weighted by molar-refractivity contribution is -0.137. The largest absolute Gasteiger partial charge is 0.457 e. The summed E-state index contributed by atoms with van der Waals surface area (Å²) in [6.45, 7) is 0. The van der Waals surface area contributed by atoms with Crippen molar-refractivity contribution >= 4 is 28.8 Å². The van der Waals surface area contributed by atoms with Crippen LogP contribution in [0.4, 0.5) is 18.0 Å². The smallest absolute Gasteiger partial charge is 0.416 e. The molecule has 4 aromatic rings. The van der Waals surface area contributed by atoms with E-state index in [1.807, 2.05) is 54.6 Å². The lowest BCUT2D eigenvalue weighted by Gasteiger charge is -2.44. The van der Waals surface area contributed by atoms with Gasteiger partial charge in [-0.1, -0.05) is 60.7 Å².